The minimum Gasteiger partial charge on any atom is -0.467 e. The van der Waals surface area contributed by atoms with Crippen LogP contribution in [0.5, 0.6) is 0 Å². The summed E-state index contributed by atoms with van der Waals surface area (Å²) in [6.45, 7) is 14.5. The van der Waals surface area contributed by atoms with Gasteiger partial charge in [-0.05, 0) is 80.6 Å². The molecule has 0 unspecified atom stereocenters. The molecule has 5 amide bonds. The van der Waals surface area contributed by atoms with Gasteiger partial charge in [-0.3, -0.25) is 19.2 Å². The second-order valence-corrected chi connectivity index (χ2v) is 13.3. The average Bonchev–Trinajstić information content (AvgIpc) is 2.85. The molecule has 0 aromatic heterocycles. The van der Waals surface area contributed by atoms with E-state index in [0.717, 1.165) is 19.3 Å². The lowest BCUT2D eigenvalue weighted by Gasteiger charge is -2.39. The van der Waals surface area contributed by atoms with E-state index in [1.54, 1.807) is 48.5 Å². The summed E-state index contributed by atoms with van der Waals surface area (Å²) in [5.41, 5.74) is -3.86. The minimum absolute atomic E-state index is 0.0835. The van der Waals surface area contributed by atoms with Crippen molar-refractivity contribution in [1.82, 2.24) is 26.6 Å². The van der Waals surface area contributed by atoms with Crippen molar-refractivity contribution in [3.05, 3.63) is 0 Å². The van der Waals surface area contributed by atoms with Crippen LogP contribution in [0, 0.1) is 5.41 Å². The van der Waals surface area contributed by atoms with E-state index in [9.17, 15) is 28.8 Å². The molecule has 0 aliphatic heterocycles. The van der Waals surface area contributed by atoms with Gasteiger partial charge in [-0.2, -0.15) is 0 Å². The zero-order chi connectivity index (χ0) is 32.5. The third-order valence-corrected chi connectivity index (χ3v) is 7.13. The molecule has 1 fully saturated rings. The maximum Gasteiger partial charge on any atom is 0.408 e. The highest BCUT2D eigenvalue weighted by atomic mass is 16.6. The fourth-order valence-electron chi connectivity index (χ4n) is 4.63. The van der Waals surface area contributed by atoms with E-state index in [4.69, 9.17) is 4.74 Å². The van der Waals surface area contributed by atoms with Crippen LogP contribution < -0.4 is 26.6 Å². The molecule has 1 rings (SSSR count). The number of ether oxygens (including phenoxy) is 2. The summed E-state index contributed by atoms with van der Waals surface area (Å²) in [6.07, 6.45) is 3.53. The van der Waals surface area contributed by atoms with Gasteiger partial charge in [0.1, 0.15) is 28.8 Å². The smallest absolute Gasteiger partial charge is 0.408 e. The number of hydrogen-bond donors (Lipinski definition) is 5. The highest BCUT2D eigenvalue weighted by molar-refractivity contribution is 5.94. The van der Waals surface area contributed by atoms with Gasteiger partial charge in [-0.15, -0.1) is 0 Å². The predicted molar refractivity (Wildman–Crippen MR) is 156 cm³/mol. The molecule has 1 saturated carbocycles. The van der Waals surface area contributed by atoms with Crippen molar-refractivity contribution in [3.63, 3.8) is 0 Å². The number of alkyl carbamates (subject to hydrolysis) is 1. The number of esters is 1. The molecule has 240 valence electrons. The molecular weight excluding hydrogens is 546 g/mol. The van der Waals surface area contributed by atoms with E-state index in [1.807, 2.05) is 0 Å². The molecule has 13 nitrogen and oxygen atoms in total. The normalized spacial score (nSPS) is 16.6. The maximum atomic E-state index is 13.2. The van der Waals surface area contributed by atoms with Gasteiger partial charge in [-0.1, -0.05) is 19.3 Å². The van der Waals surface area contributed by atoms with Gasteiger partial charge in [0.25, 0.3) is 0 Å². The van der Waals surface area contributed by atoms with Gasteiger partial charge in [0, 0.05) is 13.0 Å². The number of nitrogens with one attached hydrogen (secondary N) is 5. The summed E-state index contributed by atoms with van der Waals surface area (Å²) >= 11 is 0. The van der Waals surface area contributed by atoms with Crippen LogP contribution in [0.2, 0.25) is 0 Å². The van der Waals surface area contributed by atoms with Gasteiger partial charge in [0.05, 0.1) is 7.11 Å². The standard InChI is InChI=1S/C29H51N5O8/c1-18(32-25(40)42-26(3,4)5)21(36)34-27(6,7)23(38)30-17-29(14-12-11-13-15-29)16-20(35)33-28(8,9)24(39)31-19(2)22(37)41-10/h18-19H,11-17H2,1-10H3,(H,30,38)(H,31,39)(H,32,40)(H,33,35)(H,34,36)/t18-,19-/m0/s1. The van der Waals surface area contributed by atoms with E-state index in [-0.39, 0.29) is 18.9 Å². The number of carbonyl (C=O) groups is 6. The Labute approximate surface area is 249 Å². The maximum absolute atomic E-state index is 13.2. The summed E-state index contributed by atoms with van der Waals surface area (Å²) in [5.74, 6) is -2.49. The van der Waals surface area contributed by atoms with Crippen LogP contribution in [0.25, 0.3) is 0 Å². The Morgan fingerprint density at radius 1 is 0.762 bits per heavy atom. The molecule has 0 aromatic carbocycles. The van der Waals surface area contributed by atoms with Crippen molar-refractivity contribution >= 4 is 35.7 Å². The molecule has 5 N–H and O–H groups in total. The first kappa shape index (κ1) is 36.6. The number of hydrogen-bond acceptors (Lipinski definition) is 8. The van der Waals surface area contributed by atoms with E-state index >= 15 is 0 Å². The molecule has 0 aromatic rings. The van der Waals surface area contributed by atoms with E-state index in [0.29, 0.717) is 12.8 Å². The van der Waals surface area contributed by atoms with Crippen LogP contribution in [0.3, 0.4) is 0 Å². The summed E-state index contributed by atoms with van der Waals surface area (Å²) in [6, 6.07) is -1.82. The zero-order valence-electron chi connectivity index (χ0n) is 26.9. The molecule has 0 saturated heterocycles. The fraction of sp³-hybridized carbons (Fsp3) is 0.793. The molecule has 0 radical (unpaired) electrons. The number of amides is 5. The van der Waals surface area contributed by atoms with Crippen molar-refractivity contribution in [2.24, 2.45) is 5.41 Å². The third kappa shape index (κ3) is 11.8. The van der Waals surface area contributed by atoms with Gasteiger partial charge in [0.15, 0.2) is 0 Å². The van der Waals surface area contributed by atoms with Crippen molar-refractivity contribution < 1.29 is 38.2 Å². The van der Waals surface area contributed by atoms with Crippen molar-refractivity contribution in [2.75, 3.05) is 13.7 Å². The van der Waals surface area contributed by atoms with Gasteiger partial charge in [0.2, 0.25) is 23.6 Å². The van der Waals surface area contributed by atoms with Crippen LogP contribution in [-0.4, -0.2) is 78.1 Å². The Bertz CT molecular complexity index is 1010. The molecule has 13 heteroatoms. The highest BCUT2D eigenvalue weighted by Crippen LogP contribution is 2.39. The topological polar surface area (TPSA) is 181 Å². The van der Waals surface area contributed by atoms with Crippen LogP contribution in [0.1, 0.15) is 101 Å². The summed E-state index contributed by atoms with van der Waals surface area (Å²) < 4.78 is 9.81. The lowest BCUT2D eigenvalue weighted by molar-refractivity contribution is -0.145. The number of carbonyl (C=O) groups excluding carboxylic acids is 6. The van der Waals surface area contributed by atoms with E-state index in [2.05, 4.69) is 31.3 Å². The second kappa shape index (κ2) is 14.7. The first-order chi connectivity index (χ1) is 19.1. The van der Waals surface area contributed by atoms with Crippen LogP contribution >= 0.6 is 0 Å². The molecule has 0 spiro atoms. The quantitative estimate of drug-likeness (QED) is 0.211. The minimum atomic E-state index is -1.31. The monoisotopic (exact) mass is 597 g/mol. The summed E-state index contributed by atoms with van der Waals surface area (Å²) in [5, 5.41) is 13.3. The lowest BCUT2D eigenvalue weighted by Crippen LogP contribution is -2.60. The molecule has 0 heterocycles. The fourth-order valence-corrected chi connectivity index (χ4v) is 4.63. The number of rotatable bonds is 12. The first-order valence-corrected chi connectivity index (χ1v) is 14.4. The first-order valence-electron chi connectivity index (χ1n) is 14.4. The van der Waals surface area contributed by atoms with Crippen LogP contribution in [0.4, 0.5) is 4.79 Å². The highest BCUT2D eigenvalue weighted by Gasteiger charge is 2.39. The molecule has 1 aliphatic carbocycles. The molecule has 1 aliphatic rings. The second-order valence-electron chi connectivity index (χ2n) is 13.3. The Hall–Kier alpha value is -3.38. The van der Waals surface area contributed by atoms with Crippen LogP contribution in [-0.2, 0) is 33.4 Å². The zero-order valence-corrected chi connectivity index (χ0v) is 26.9. The van der Waals surface area contributed by atoms with Gasteiger partial charge >= 0.3 is 12.1 Å². The number of methoxy groups -OCH3 is 1. The molecule has 2 atom stereocenters. The van der Waals surface area contributed by atoms with Gasteiger partial charge in [-0.25, -0.2) is 9.59 Å². The summed E-state index contributed by atoms with van der Waals surface area (Å²) in [4.78, 5) is 75.5. The van der Waals surface area contributed by atoms with Crippen molar-refractivity contribution in [1.29, 1.82) is 0 Å². The molecule has 0 bridgehead atoms. The predicted octanol–water partition coefficient (Wildman–Crippen LogP) is 1.82. The average molecular weight is 598 g/mol. The Balaban J connectivity index is 2.82. The largest absolute Gasteiger partial charge is 0.467 e. The third-order valence-electron chi connectivity index (χ3n) is 7.13. The SMILES string of the molecule is COC(=O)[C@H](C)NC(=O)C(C)(C)NC(=O)CC1(CNC(=O)C(C)(C)NC(=O)[C@H](C)NC(=O)OC(C)(C)C)CCCCC1. The van der Waals surface area contributed by atoms with Crippen molar-refractivity contribution in [2.45, 2.75) is 130 Å². The van der Waals surface area contributed by atoms with E-state index < -0.39 is 64.0 Å². The lowest BCUT2D eigenvalue weighted by atomic mass is 9.71. The Morgan fingerprint density at radius 2 is 1.31 bits per heavy atom. The molecule has 42 heavy (non-hydrogen) atoms. The van der Waals surface area contributed by atoms with Crippen molar-refractivity contribution in [3.8, 4) is 0 Å². The molecular formula is C29H51N5O8. The van der Waals surface area contributed by atoms with E-state index in [1.165, 1.54) is 21.0 Å². The van der Waals surface area contributed by atoms with Gasteiger partial charge < -0.3 is 36.1 Å². The Kier molecular flexibility index (Phi) is 12.8. The van der Waals surface area contributed by atoms with Crippen LogP contribution in [0.15, 0.2) is 0 Å². The Morgan fingerprint density at radius 3 is 1.83 bits per heavy atom. The summed E-state index contributed by atoms with van der Waals surface area (Å²) in [7, 11) is 1.22.